The first-order valence-electron chi connectivity index (χ1n) is 7.75. The number of piperidine rings is 1. The van der Waals surface area contributed by atoms with Crippen LogP contribution in [0.15, 0.2) is 42.6 Å². The summed E-state index contributed by atoms with van der Waals surface area (Å²) >= 11 is 6.24. The Bertz CT molecular complexity index is 618. The van der Waals surface area contributed by atoms with Crippen molar-refractivity contribution in [3.05, 3.63) is 58.9 Å². The van der Waals surface area contributed by atoms with Crippen molar-refractivity contribution in [1.82, 2.24) is 9.88 Å². The van der Waals surface area contributed by atoms with Gasteiger partial charge in [0.1, 0.15) is 5.75 Å². The number of aromatic nitrogens is 1. The van der Waals surface area contributed by atoms with E-state index >= 15 is 0 Å². The molecular formula is C18H21ClN2O. The number of rotatable bonds is 4. The number of benzene rings is 1. The number of likely N-dealkylation sites (tertiary alicyclic amines) is 1. The normalized spacial score (nSPS) is 19.1. The van der Waals surface area contributed by atoms with E-state index in [0.29, 0.717) is 11.1 Å². The first kappa shape index (κ1) is 15.3. The fourth-order valence-corrected chi connectivity index (χ4v) is 3.41. The van der Waals surface area contributed by atoms with E-state index < -0.39 is 0 Å². The maximum absolute atomic E-state index is 6.24. The monoisotopic (exact) mass is 316 g/mol. The highest BCUT2D eigenvalue weighted by Crippen LogP contribution is 2.32. The van der Waals surface area contributed by atoms with Crippen LogP contribution in [0.2, 0.25) is 5.02 Å². The molecule has 2 aromatic rings. The van der Waals surface area contributed by atoms with E-state index in [1.54, 1.807) is 7.11 Å². The van der Waals surface area contributed by atoms with Gasteiger partial charge >= 0.3 is 0 Å². The van der Waals surface area contributed by atoms with Crippen molar-refractivity contribution in [3.63, 3.8) is 0 Å². The molecule has 22 heavy (non-hydrogen) atoms. The van der Waals surface area contributed by atoms with Crippen molar-refractivity contribution in [2.75, 3.05) is 13.7 Å². The molecule has 0 N–H and O–H groups in total. The van der Waals surface area contributed by atoms with Gasteiger partial charge in [-0.2, -0.15) is 0 Å². The van der Waals surface area contributed by atoms with Crippen LogP contribution in [0.5, 0.6) is 5.75 Å². The van der Waals surface area contributed by atoms with Crippen molar-refractivity contribution in [2.24, 2.45) is 0 Å². The second kappa shape index (κ2) is 7.12. The molecule has 0 aliphatic carbocycles. The molecule has 1 aromatic carbocycles. The maximum Gasteiger partial charge on any atom is 0.137 e. The molecule has 1 aliphatic rings. The average Bonchev–Trinajstić information content (AvgIpc) is 2.56. The summed E-state index contributed by atoms with van der Waals surface area (Å²) in [5.41, 5.74) is 2.38. The molecule has 3 nitrogen and oxygen atoms in total. The standard InChI is InChI=1S/C18H21ClN2O/c1-22-18-9-8-14(12-15(18)19)13-21-11-5-3-7-17(21)16-6-2-4-10-20-16/h2,4,6,8-10,12,17H,3,5,7,11,13H2,1H3. The average molecular weight is 317 g/mol. The molecule has 2 heterocycles. The van der Waals surface area contributed by atoms with Gasteiger partial charge in [0.25, 0.3) is 0 Å². The van der Waals surface area contributed by atoms with Crippen molar-refractivity contribution in [2.45, 2.75) is 31.8 Å². The van der Waals surface area contributed by atoms with Gasteiger partial charge < -0.3 is 4.74 Å². The minimum absolute atomic E-state index is 0.399. The maximum atomic E-state index is 6.24. The highest BCUT2D eigenvalue weighted by Gasteiger charge is 2.24. The molecule has 0 spiro atoms. The van der Waals surface area contributed by atoms with Gasteiger partial charge in [-0.15, -0.1) is 0 Å². The molecule has 0 radical (unpaired) electrons. The zero-order valence-electron chi connectivity index (χ0n) is 12.8. The Hall–Kier alpha value is -1.58. The zero-order chi connectivity index (χ0) is 15.4. The van der Waals surface area contributed by atoms with E-state index in [-0.39, 0.29) is 0 Å². The summed E-state index contributed by atoms with van der Waals surface area (Å²) in [5, 5.41) is 0.673. The van der Waals surface area contributed by atoms with E-state index in [0.717, 1.165) is 18.8 Å². The third kappa shape index (κ3) is 3.42. The largest absolute Gasteiger partial charge is 0.495 e. The summed E-state index contributed by atoms with van der Waals surface area (Å²) in [5.74, 6) is 0.727. The lowest BCUT2D eigenvalue weighted by Gasteiger charge is -2.35. The molecule has 3 rings (SSSR count). The summed E-state index contributed by atoms with van der Waals surface area (Å²) in [6.45, 7) is 2.00. The van der Waals surface area contributed by atoms with Gasteiger partial charge in [-0.3, -0.25) is 9.88 Å². The van der Waals surface area contributed by atoms with Gasteiger partial charge in [0.2, 0.25) is 0 Å². The molecular weight excluding hydrogens is 296 g/mol. The SMILES string of the molecule is COc1ccc(CN2CCCCC2c2ccccn2)cc1Cl. The number of halogens is 1. The molecule has 116 valence electrons. The summed E-state index contributed by atoms with van der Waals surface area (Å²) in [6.07, 6.45) is 5.56. The van der Waals surface area contributed by atoms with Crippen LogP contribution in [0.1, 0.15) is 36.6 Å². The molecule has 0 amide bonds. The van der Waals surface area contributed by atoms with Gasteiger partial charge in [-0.05, 0) is 49.2 Å². The molecule has 1 aromatic heterocycles. The summed E-state index contributed by atoms with van der Waals surface area (Å²) in [7, 11) is 1.64. The van der Waals surface area contributed by atoms with Crippen molar-refractivity contribution in [1.29, 1.82) is 0 Å². The van der Waals surface area contributed by atoms with Crippen molar-refractivity contribution in [3.8, 4) is 5.75 Å². The molecule has 4 heteroatoms. The Morgan fingerprint density at radius 3 is 2.91 bits per heavy atom. The van der Waals surface area contributed by atoms with E-state index in [1.807, 2.05) is 24.4 Å². The lowest BCUT2D eigenvalue weighted by Crippen LogP contribution is -2.33. The Balaban J connectivity index is 1.78. The van der Waals surface area contributed by atoms with Crippen LogP contribution in [0.4, 0.5) is 0 Å². The first-order chi connectivity index (χ1) is 10.8. The highest BCUT2D eigenvalue weighted by molar-refractivity contribution is 6.32. The molecule has 1 fully saturated rings. The number of hydrogen-bond donors (Lipinski definition) is 0. The van der Waals surface area contributed by atoms with Crippen LogP contribution in [-0.2, 0) is 6.54 Å². The third-order valence-electron chi connectivity index (χ3n) is 4.24. The smallest absolute Gasteiger partial charge is 0.137 e. The first-order valence-corrected chi connectivity index (χ1v) is 8.13. The predicted octanol–water partition coefficient (Wildman–Crippen LogP) is 4.47. The lowest BCUT2D eigenvalue weighted by atomic mass is 9.98. The molecule has 0 bridgehead atoms. The summed E-state index contributed by atoms with van der Waals surface area (Å²) < 4.78 is 5.22. The lowest BCUT2D eigenvalue weighted by molar-refractivity contribution is 0.137. The van der Waals surface area contributed by atoms with Crippen molar-refractivity contribution >= 4 is 11.6 Å². The molecule has 1 unspecified atom stereocenters. The topological polar surface area (TPSA) is 25.4 Å². The van der Waals surface area contributed by atoms with Crippen LogP contribution < -0.4 is 4.74 Å². The molecule has 0 saturated carbocycles. The third-order valence-corrected chi connectivity index (χ3v) is 4.54. The number of methoxy groups -OCH3 is 1. The van der Waals surface area contributed by atoms with Crippen LogP contribution in [0.3, 0.4) is 0 Å². The van der Waals surface area contributed by atoms with Crippen LogP contribution >= 0.6 is 11.6 Å². The summed E-state index contributed by atoms with van der Waals surface area (Å²) in [6, 6.07) is 12.6. The van der Waals surface area contributed by atoms with Crippen LogP contribution in [0.25, 0.3) is 0 Å². The minimum atomic E-state index is 0.399. The second-order valence-corrected chi connectivity index (χ2v) is 6.11. The Morgan fingerprint density at radius 2 is 2.18 bits per heavy atom. The van der Waals surface area contributed by atoms with Gasteiger partial charge in [0, 0.05) is 12.7 Å². The minimum Gasteiger partial charge on any atom is -0.495 e. The van der Waals surface area contributed by atoms with Crippen molar-refractivity contribution < 1.29 is 4.74 Å². The number of pyridine rings is 1. The Morgan fingerprint density at radius 1 is 1.27 bits per heavy atom. The van der Waals surface area contributed by atoms with Crippen LogP contribution in [-0.4, -0.2) is 23.5 Å². The Kier molecular flexibility index (Phi) is 4.96. The molecule has 1 saturated heterocycles. The molecule has 1 aliphatic heterocycles. The second-order valence-electron chi connectivity index (χ2n) is 5.71. The van der Waals surface area contributed by atoms with Gasteiger partial charge in [0.15, 0.2) is 0 Å². The van der Waals surface area contributed by atoms with Gasteiger partial charge in [-0.25, -0.2) is 0 Å². The number of nitrogens with zero attached hydrogens (tertiary/aromatic N) is 2. The van der Waals surface area contributed by atoms with Gasteiger partial charge in [0.05, 0.1) is 23.9 Å². The highest BCUT2D eigenvalue weighted by atomic mass is 35.5. The predicted molar refractivity (Wildman–Crippen MR) is 89.2 cm³/mol. The summed E-state index contributed by atoms with van der Waals surface area (Å²) in [4.78, 5) is 7.06. The fraction of sp³-hybridized carbons (Fsp3) is 0.389. The van der Waals surface area contributed by atoms with Gasteiger partial charge in [-0.1, -0.05) is 30.2 Å². The fourth-order valence-electron chi connectivity index (χ4n) is 3.13. The Labute approximate surface area is 136 Å². The zero-order valence-corrected chi connectivity index (χ0v) is 13.6. The van der Waals surface area contributed by atoms with E-state index in [4.69, 9.17) is 16.3 Å². The molecule has 1 atom stereocenters. The number of ether oxygens (including phenoxy) is 1. The van der Waals surface area contributed by atoms with E-state index in [1.165, 1.54) is 30.5 Å². The van der Waals surface area contributed by atoms with E-state index in [9.17, 15) is 0 Å². The van der Waals surface area contributed by atoms with Crippen LogP contribution in [0, 0.1) is 0 Å². The quantitative estimate of drug-likeness (QED) is 0.832. The number of hydrogen-bond acceptors (Lipinski definition) is 3. The van der Waals surface area contributed by atoms with E-state index in [2.05, 4.69) is 28.1 Å².